The van der Waals surface area contributed by atoms with Gasteiger partial charge in [-0.15, -0.1) is 0 Å². The van der Waals surface area contributed by atoms with Crippen molar-refractivity contribution >= 4 is 35.6 Å². The zero-order valence-corrected chi connectivity index (χ0v) is 20.4. The van der Waals surface area contributed by atoms with Crippen molar-refractivity contribution in [2.24, 2.45) is 10.1 Å². The number of rotatable bonds is 8. The van der Waals surface area contributed by atoms with Gasteiger partial charge in [-0.2, -0.15) is 0 Å². The molecule has 0 aliphatic heterocycles. The van der Waals surface area contributed by atoms with Crippen molar-refractivity contribution in [2.75, 3.05) is 16.8 Å². The number of carbonyl (C=O) groups is 1. The summed E-state index contributed by atoms with van der Waals surface area (Å²) in [7, 11) is 0. The van der Waals surface area contributed by atoms with Crippen LogP contribution in [0.1, 0.15) is 42.3 Å². The van der Waals surface area contributed by atoms with Crippen LogP contribution in [-0.2, 0) is 4.84 Å². The topological polar surface area (TPSA) is 66.3 Å². The highest BCUT2D eigenvalue weighted by Crippen LogP contribution is 2.33. The minimum atomic E-state index is -0.303. The second-order valence-corrected chi connectivity index (χ2v) is 7.77. The van der Waals surface area contributed by atoms with E-state index in [1.165, 1.54) is 12.1 Å². The van der Waals surface area contributed by atoms with E-state index in [0.717, 1.165) is 28.2 Å². The molecule has 0 spiro atoms. The zero-order valence-electron chi connectivity index (χ0n) is 20.4. The Kier molecular flexibility index (Phi) is 8.51. The normalized spacial score (nSPS) is 11.7. The maximum atomic E-state index is 13.5. The Morgan fingerprint density at radius 2 is 1.74 bits per heavy atom. The Hall–Kier alpha value is -4.26. The van der Waals surface area contributed by atoms with Crippen LogP contribution in [0.4, 0.5) is 21.5 Å². The molecule has 3 aromatic rings. The summed E-state index contributed by atoms with van der Waals surface area (Å²) in [5, 5.41) is 6.36. The molecule has 0 heterocycles. The van der Waals surface area contributed by atoms with Gasteiger partial charge in [-0.05, 0) is 93.9 Å². The summed E-state index contributed by atoms with van der Waals surface area (Å²) in [6, 6.07) is 18.9. The summed E-state index contributed by atoms with van der Waals surface area (Å²) < 4.78 is 13.5. The summed E-state index contributed by atoms with van der Waals surface area (Å²) in [5.41, 5.74) is 5.43. The number of nitrogens with zero attached hydrogens (tertiary/aromatic N) is 3. The highest BCUT2D eigenvalue weighted by Gasteiger charge is 2.17. The molecule has 0 saturated heterocycles. The third-order valence-electron chi connectivity index (χ3n) is 5.41. The molecule has 0 aromatic heterocycles. The molecule has 0 aliphatic rings. The fraction of sp³-hybridized carbons (Fsp3) is 0.179. The van der Waals surface area contributed by atoms with E-state index in [9.17, 15) is 9.18 Å². The molecule has 0 aliphatic carbocycles. The first kappa shape index (κ1) is 25.4. The monoisotopic (exact) mass is 472 g/mol. The number of aliphatic imine (C=N–C) groups is 1. The number of carbonyl (C=O) groups excluding carboxylic acids is 1. The van der Waals surface area contributed by atoms with Crippen LogP contribution in [-0.4, -0.2) is 25.1 Å². The van der Waals surface area contributed by atoms with E-state index < -0.39 is 0 Å². The molecule has 3 aromatic carbocycles. The Bertz CT molecular complexity index is 1250. The van der Waals surface area contributed by atoms with Gasteiger partial charge in [-0.1, -0.05) is 17.3 Å². The maximum Gasteiger partial charge on any atom is 0.255 e. The van der Waals surface area contributed by atoms with Gasteiger partial charge in [0.2, 0.25) is 0 Å². The Balaban J connectivity index is 1.88. The summed E-state index contributed by atoms with van der Waals surface area (Å²) in [6.07, 6.45) is 1.97. The van der Waals surface area contributed by atoms with Crippen LogP contribution < -0.4 is 10.2 Å². The van der Waals surface area contributed by atoms with Gasteiger partial charge in [0.05, 0.1) is 0 Å². The molecule has 3 rings (SSSR count). The fourth-order valence-electron chi connectivity index (χ4n) is 3.52. The second kappa shape index (κ2) is 11.7. The van der Waals surface area contributed by atoms with E-state index in [1.54, 1.807) is 42.5 Å². The average Bonchev–Trinajstić information content (AvgIpc) is 2.86. The number of aryl methyl sites for hydroxylation is 1. The molecule has 0 radical (unpaired) electrons. The minimum absolute atomic E-state index is 0.248. The van der Waals surface area contributed by atoms with E-state index in [1.807, 2.05) is 50.8 Å². The molecule has 6 nitrogen and oxygen atoms in total. The third-order valence-corrected chi connectivity index (χ3v) is 5.41. The highest BCUT2D eigenvalue weighted by atomic mass is 19.1. The smallest absolute Gasteiger partial charge is 0.255 e. The van der Waals surface area contributed by atoms with Gasteiger partial charge in [0.25, 0.3) is 11.8 Å². The SMILES string of the molecule is C=NOC(=NCC)c1ccc(NC(=O)c2ccc(C)c(N(/C(C)=C\C)c3ccc(F)cc3)c2)cc1. The van der Waals surface area contributed by atoms with E-state index in [0.29, 0.717) is 23.7 Å². The lowest BCUT2D eigenvalue weighted by molar-refractivity contribution is 0.102. The lowest BCUT2D eigenvalue weighted by Gasteiger charge is -2.28. The molecular weight excluding hydrogens is 443 g/mol. The molecule has 1 amide bonds. The number of amides is 1. The molecule has 7 heteroatoms. The average molecular weight is 473 g/mol. The minimum Gasteiger partial charge on any atom is -0.337 e. The van der Waals surface area contributed by atoms with Crippen LogP contribution in [0.25, 0.3) is 0 Å². The number of hydrogen-bond acceptors (Lipinski definition) is 5. The van der Waals surface area contributed by atoms with E-state index >= 15 is 0 Å². The van der Waals surface area contributed by atoms with Crippen LogP contribution in [0.3, 0.4) is 0 Å². The van der Waals surface area contributed by atoms with Crippen LogP contribution in [0.5, 0.6) is 0 Å². The molecule has 180 valence electrons. The fourth-order valence-corrected chi connectivity index (χ4v) is 3.52. The third kappa shape index (κ3) is 6.20. The number of nitrogens with one attached hydrogen (secondary N) is 1. The molecule has 1 N–H and O–H groups in total. The van der Waals surface area contributed by atoms with E-state index in [2.05, 4.69) is 22.2 Å². The van der Waals surface area contributed by atoms with Crippen LogP contribution in [0.2, 0.25) is 0 Å². The highest BCUT2D eigenvalue weighted by molar-refractivity contribution is 6.05. The second-order valence-electron chi connectivity index (χ2n) is 7.77. The summed E-state index contributed by atoms with van der Waals surface area (Å²) in [6.45, 7) is 11.7. The van der Waals surface area contributed by atoms with Crippen molar-refractivity contribution in [1.29, 1.82) is 0 Å². The first-order valence-corrected chi connectivity index (χ1v) is 11.3. The summed E-state index contributed by atoms with van der Waals surface area (Å²) >= 11 is 0. The Morgan fingerprint density at radius 3 is 2.34 bits per heavy atom. The van der Waals surface area contributed by atoms with E-state index in [-0.39, 0.29) is 11.7 Å². The predicted molar refractivity (Wildman–Crippen MR) is 141 cm³/mol. The summed E-state index contributed by atoms with van der Waals surface area (Å²) in [5.74, 6) is -0.186. The zero-order chi connectivity index (χ0) is 25.4. The molecule has 0 unspecified atom stereocenters. The molecule has 0 bridgehead atoms. The summed E-state index contributed by atoms with van der Waals surface area (Å²) in [4.78, 5) is 24.5. The quantitative estimate of drug-likeness (QED) is 0.222. The van der Waals surface area contributed by atoms with E-state index in [4.69, 9.17) is 4.84 Å². The molecular formula is C28H29FN4O2. The van der Waals surface area contributed by atoms with Crippen molar-refractivity contribution in [2.45, 2.75) is 27.7 Å². The number of hydrogen-bond donors (Lipinski definition) is 1. The molecule has 35 heavy (non-hydrogen) atoms. The number of anilines is 3. The van der Waals surface area contributed by atoms with Gasteiger partial charge in [0.15, 0.2) is 0 Å². The van der Waals surface area contributed by atoms with Crippen LogP contribution in [0.15, 0.2) is 88.7 Å². The van der Waals surface area contributed by atoms with Gasteiger partial charge in [-0.25, -0.2) is 9.38 Å². The largest absolute Gasteiger partial charge is 0.337 e. The molecule has 0 atom stereocenters. The van der Waals surface area contributed by atoms with Gasteiger partial charge in [-0.3, -0.25) is 4.79 Å². The van der Waals surface area contributed by atoms with Gasteiger partial charge < -0.3 is 15.1 Å². The lowest BCUT2D eigenvalue weighted by atomic mass is 10.1. The Morgan fingerprint density at radius 1 is 1.09 bits per heavy atom. The van der Waals surface area contributed by atoms with Crippen molar-refractivity contribution < 1.29 is 14.0 Å². The van der Waals surface area contributed by atoms with Crippen molar-refractivity contribution in [3.05, 3.63) is 101 Å². The Labute approximate surface area is 205 Å². The number of benzene rings is 3. The molecule has 0 saturated carbocycles. The van der Waals surface area contributed by atoms with Gasteiger partial charge in [0, 0.05) is 47.1 Å². The van der Waals surface area contributed by atoms with Gasteiger partial charge in [0.1, 0.15) is 5.82 Å². The number of allylic oxidation sites excluding steroid dienone is 2. The number of oxime groups is 1. The predicted octanol–water partition coefficient (Wildman–Crippen LogP) is 6.85. The standard InChI is InChI=1S/C28H29FN4O2/c1-6-20(4)33(25-16-12-23(29)13-17-25)26-18-22(9-8-19(26)3)27(34)32-24-14-10-21(11-15-24)28(31-7-2)35-30-5/h6,8-18H,5,7H2,1-4H3,(H,32,34)/b20-6-,31-28?. The van der Waals surface area contributed by atoms with Crippen LogP contribution in [0, 0.1) is 12.7 Å². The van der Waals surface area contributed by atoms with Gasteiger partial charge >= 0.3 is 0 Å². The van der Waals surface area contributed by atoms with Crippen molar-refractivity contribution in [3.63, 3.8) is 0 Å². The first-order chi connectivity index (χ1) is 16.9. The molecule has 0 fully saturated rings. The van der Waals surface area contributed by atoms with Crippen molar-refractivity contribution in [1.82, 2.24) is 0 Å². The lowest BCUT2D eigenvalue weighted by Crippen LogP contribution is -2.18. The maximum absolute atomic E-state index is 13.5. The van der Waals surface area contributed by atoms with Crippen LogP contribution >= 0.6 is 0 Å². The number of halogens is 1. The van der Waals surface area contributed by atoms with Crippen molar-refractivity contribution in [3.8, 4) is 0 Å². The first-order valence-electron chi connectivity index (χ1n) is 11.3.